The number of aromatic nitrogens is 2. The van der Waals surface area contributed by atoms with E-state index in [1.807, 2.05) is 0 Å². The minimum absolute atomic E-state index is 0.0638. The van der Waals surface area contributed by atoms with E-state index in [1.54, 1.807) is 38.2 Å². The molecule has 8 heteroatoms. The number of aryl methyl sites for hydroxylation is 1. The van der Waals surface area contributed by atoms with E-state index < -0.39 is 17.7 Å². The van der Waals surface area contributed by atoms with E-state index in [1.165, 1.54) is 30.2 Å². The summed E-state index contributed by atoms with van der Waals surface area (Å²) in [5, 5.41) is 0. The predicted octanol–water partition coefficient (Wildman–Crippen LogP) is 3.48. The van der Waals surface area contributed by atoms with E-state index in [0.717, 1.165) is 6.07 Å². The molecule has 2 aromatic heterocycles. The Morgan fingerprint density at radius 3 is 2.55 bits per heavy atom. The number of hydrogen-bond donors (Lipinski definition) is 1. The summed E-state index contributed by atoms with van der Waals surface area (Å²) in [5.41, 5.74) is 2.16. The first-order valence-electron chi connectivity index (χ1n) is 9.57. The van der Waals surface area contributed by atoms with Crippen LogP contribution in [0.25, 0.3) is 0 Å². The van der Waals surface area contributed by atoms with Crippen molar-refractivity contribution in [2.45, 2.75) is 20.4 Å². The molecular formula is C23H22FN3O4. The first-order valence-corrected chi connectivity index (χ1v) is 9.57. The molecule has 0 radical (unpaired) electrons. The lowest BCUT2D eigenvalue weighted by atomic mass is 10.0. The van der Waals surface area contributed by atoms with Crippen LogP contribution in [-0.4, -0.2) is 46.2 Å². The molecule has 1 N–H and O–H groups in total. The average Bonchev–Trinajstić information content (AvgIpc) is 3.06. The van der Waals surface area contributed by atoms with E-state index in [9.17, 15) is 18.8 Å². The number of ether oxygens (including phenoxy) is 1. The van der Waals surface area contributed by atoms with Crippen LogP contribution in [-0.2, 0) is 11.3 Å². The van der Waals surface area contributed by atoms with Crippen molar-refractivity contribution in [3.63, 3.8) is 0 Å². The number of aromatic amines is 1. The molecule has 0 spiro atoms. The van der Waals surface area contributed by atoms with Crippen LogP contribution in [0.2, 0.25) is 0 Å². The second kappa shape index (κ2) is 9.34. The molecule has 0 fully saturated rings. The van der Waals surface area contributed by atoms with Gasteiger partial charge in [-0.15, -0.1) is 0 Å². The number of hydrogen-bond acceptors (Lipinski definition) is 5. The van der Waals surface area contributed by atoms with Crippen molar-refractivity contribution in [1.29, 1.82) is 0 Å². The average molecular weight is 423 g/mol. The van der Waals surface area contributed by atoms with Crippen LogP contribution in [0.5, 0.6) is 0 Å². The van der Waals surface area contributed by atoms with Gasteiger partial charge in [0.05, 0.1) is 25.9 Å². The number of amides is 1. The number of pyridine rings is 1. The Balaban J connectivity index is 1.93. The Morgan fingerprint density at radius 1 is 1.13 bits per heavy atom. The number of methoxy groups -OCH3 is 1. The molecule has 0 unspecified atom stereocenters. The molecule has 1 aromatic carbocycles. The molecule has 0 saturated heterocycles. The van der Waals surface area contributed by atoms with Crippen molar-refractivity contribution >= 4 is 17.7 Å². The van der Waals surface area contributed by atoms with E-state index in [4.69, 9.17) is 4.74 Å². The van der Waals surface area contributed by atoms with Gasteiger partial charge in [-0.3, -0.25) is 14.6 Å². The van der Waals surface area contributed by atoms with Crippen molar-refractivity contribution in [2.24, 2.45) is 0 Å². The highest BCUT2D eigenvalue weighted by Gasteiger charge is 2.26. The maximum atomic E-state index is 13.7. The van der Waals surface area contributed by atoms with Crippen LogP contribution < -0.4 is 0 Å². The van der Waals surface area contributed by atoms with Gasteiger partial charge in [0, 0.05) is 23.0 Å². The first kappa shape index (κ1) is 21.9. The van der Waals surface area contributed by atoms with E-state index >= 15 is 0 Å². The minimum Gasteiger partial charge on any atom is -0.464 e. The number of benzene rings is 1. The Kier molecular flexibility index (Phi) is 6.59. The SMILES string of the molecule is COC(=O)c1[nH]c(C)c(C(=O)CN(Cc2ccccn2)C(=O)c2cccc(F)c2)c1C. The summed E-state index contributed by atoms with van der Waals surface area (Å²) < 4.78 is 18.4. The van der Waals surface area contributed by atoms with E-state index in [0.29, 0.717) is 22.5 Å². The van der Waals surface area contributed by atoms with E-state index in [-0.39, 0.29) is 30.1 Å². The van der Waals surface area contributed by atoms with Gasteiger partial charge in [0.25, 0.3) is 5.91 Å². The summed E-state index contributed by atoms with van der Waals surface area (Å²) in [4.78, 5) is 46.6. The fourth-order valence-electron chi connectivity index (χ4n) is 3.42. The predicted molar refractivity (Wildman–Crippen MR) is 111 cm³/mol. The summed E-state index contributed by atoms with van der Waals surface area (Å²) in [6.07, 6.45) is 1.59. The van der Waals surface area contributed by atoms with Crippen LogP contribution in [0.15, 0.2) is 48.7 Å². The number of carbonyl (C=O) groups is 3. The minimum atomic E-state index is -0.583. The number of Topliss-reactive ketones (excluding diaryl/α,β-unsaturated/α-hetero) is 1. The van der Waals surface area contributed by atoms with Crippen LogP contribution in [0.3, 0.4) is 0 Å². The molecule has 0 bridgehead atoms. The smallest absolute Gasteiger partial charge is 0.354 e. The fourth-order valence-corrected chi connectivity index (χ4v) is 3.42. The molecule has 31 heavy (non-hydrogen) atoms. The quantitative estimate of drug-likeness (QED) is 0.464. The van der Waals surface area contributed by atoms with Gasteiger partial charge in [-0.2, -0.15) is 0 Å². The summed E-state index contributed by atoms with van der Waals surface area (Å²) in [7, 11) is 1.26. The van der Waals surface area contributed by atoms with Gasteiger partial charge in [-0.1, -0.05) is 12.1 Å². The molecule has 2 heterocycles. The van der Waals surface area contributed by atoms with E-state index in [2.05, 4.69) is 9.97 Å². The number of nitrogens with zero attached hydrogens (tertiary/aromatic N) is 2. The maximum Gasteiger partial charge on any atom is 0.354 e. The summed E-state index contributed by atoms with van der Waals surface area (Å²) >= 11 is 0. The highest BCUT2D eigenvalue weighted by atomic mass is 19.1. The van der Waals surface area contributed by atoms with Crippen LogP contribution in [0.1, 0.15) is 48.2 Å². The summed E-state index contributed by atoms with van der Waals surface area (Å²) in [5.74, 6) is -1.99. The highest BCUT2D eigenvalue weighted by molar-refractivity contribution is 6.05. The molecule has 0 atom stereocenters. The van der Waals surface area contributed by atoms with Crippen molar-refractivity contribution in [3.05, 3.63) is 88.3 Å². The zero-order chi connectivity index (χ0) is 22.5. The lowest BCUT2D eigenvalue weighted by Crippen LogP contribution is -2.36. The Morgan fingerprint density at radius 2 is 1.90 bits per heavy atom. The third-order valence-corrected chi connectivity index (χ3v) is 4.88. The highest BCUT2D eigenvalue weighted by Crippen LogP contribution is 2.21. The zero-order valence-electron chi connectivity index (χ0n) is 17.4. The molecule has 3 aromatic rings. The lowest BCUT2D eigenvalue weighted by molar-refractivity contribution is 0.0593. The Hall–Kier alpha value is -3.81. The number of halogens is 1. The Labute approximate surface area is 178 Å². The molecule has 0 saturated carbocycles. The normalized spacial score (nSPS) is 10.6. The third-order valence-electron chi connectivity index (χ3n) is 4.88. The summed E-state index contributed by atoms with van der Waals surface area (Å²) in [6, 6.07) is 10.5. The van der Waals surface area contributed by atoms with Gasteiger partial charge >= 0.3 is 5.97 Å². The van der Waals surface area contributed by atoms with Gasteiger partial charge in [0.2, 0.25) is 0 Å². The maximum absolute atomic E-state index is 13.7. The van der Waals surface area contributed by atoms with Crippen molar-refractivity contribution in [3.8, 4) is 0 Å². The number of esters is 1. The first-order chi connectivity index (χ1) is 14.8. The molecule has 0 aliphatic rings. The van der Waals surface area contributed by atoms with Gasteiger partial charge in [-0.25, -0.2) is 9.18 Å². The molecule has 0 aliphatic carbocycles. The van der Waals surface area contributed by atoms with Crippen molar-refractivity contribution < 1.29 is 23.5 Å². The topological polar surface area (TPSA) is 92.4 Å². The second-order valence-corrected chi connectivity index (χ2v) is 7.03. The summed E-state index contributed by atoms with van der Waals surface area (Å²) in [6.45, 7) is 3.10. The van der Waals surface area contributed by atoms with Gasteiger partial charge in [0.15, 0.2) is 5.78 Å². The van der Waals surface area contributed by atoms with Crippen molar-refractivity contribution in [1.82, 2.24) is 14.9 Å². The molecule has 3 rings (SSSR count). The van der Waals surface area contributed by atoms with Gasteiger partial charge in [0.1, 0.15) is 11.5 Å². The van der Waals surface area contributed by atoms with Gasteiger partial charge < -0.3 is 14.6 Å². The van der Waals surface area contributed by atoms with Gasteiger partial charge in [-0.05, 0) is 49.7 Å². The number of nitrogens with one attached hydrogen (secondary N) is 1. The molecular weight excluding hydrogens is 401 g/mol. The molecule has 1 amide bonds. The third kappa shape index (κ3) is 4.85. The molecule has 0 aliphatic heterocycles. The van der Waals surface area contributed by atoms with Crippen molar-refractivity contribution in [2.75, 3.05) is 13.7 Å². The number of carbonyl (C=O) groups excluding carboxylic acids is 3. The second-order valence-electron chi connectivity index (χ2n) is 7.03. The fraction of sp³-hybridized carbons (Fsp3) is 0.217. The molecule has 7 nitrogen and oxygen atoms in total. The largest absolute Gasteiger partial charge is 0.464 e. The number of rotatable bonds is 7. The number of ketones is 1. The lowest BCUT2D eigenvalue weighted by Gasteiger charge is -2.22. The number of H-pyrrole nitrogens is 1. The monoisotopic (exact) mass is 423 g/mol. The van der Waals surface area contributed by atoms with Crippen LogP contribution >= 0.6 is 0 Å². The Bertz CT molecular complexity index is 1130. The van der Waals surface area contributed by atoms with Crippen LogP contribution in [0.4, 0.5) is 4.39 Å². The zero-order valence-corrected chi connectivity index (χ0v) is 17.4. The van der Waals surface area contributed by atoms with Crippen LogP contribution in [0, 0.1) is 19.7 Å². The standard InChI is InChI=1S/C23H22FN3O4/c1-14-20(15(2)26-21(14)23(30)31-3)19(28)13-27(12-18-9-4-5-10-25-18)22(29)16-7-6-8-17(24)11-16/h4-11,26H,12-13H2,1-3H3. The molecule has 160 valence electrons.